The molecule has 0 aliphatic carbocycles. The smallest absolute Gasteiger partial charge is 0.150 e. The second kappa shape index (κ2) is 6.52. The molecular formula is C21H20N4O. The second-order valence-corrected chi connectivity index (χ2v) is 6.27. The quantitative estimate of drug-likeness (QED) is 0.557. The lowest BCUT2D eigenvalue weighted by Gasteiger charge is -2.13. The summed E-state index contributed by atoms with van der Waals surface area (Å²) >= 11 is 0. The first-order chi connectivity index (χ1) is 12.7. The van der Waals surface area contributed by atoms with Crippen molar-refractivity contribution in [1.82, 2.24) is 14.5 Å². The van der Waals surface area contributed by atoms with Crippen molar-refractivity contribution < 1.29 is 4.74 Å². The molecule has 0 aliphatic heterocycles. The number of aromatic nitrogens is 3. The van der Waals surface area contributed by atoms with Crippen molar-refractivity contribution in [1.29, 1.82) is 0 Å². The molecule has 0 saturated heterocycles. The topological polar surface area (TPSA) is 43.2 Å². The third-order valence-corrected chi connectivity index (χ3v) is 4.42. The molecule has 4 aromatic rings. The van der Waals surface area contributed by atoms with Gasteiger partial charge in [-0.2, -0.15) is 0 Å². The molecule has 0 radical (unpaired) electrons. The van der Waals surface area contributed by atoms with Crippen molar-refractivity contribution >= 4 is 16.9 Å². The fraction of sp³-hybridized carbons (Fsp3) is 0.143. The molecule has 5 nitrogen and oxygen atoms in total. The van der Waals surface area contributed by atoms with Gasteiger partial charge in [-0.15, -0.1) is 0 Å². The van der Waals surface area contributed by atoms with E-state index in [1.807, 2.05) is 61.5 Å². The van der Waals surface area contributed by atoms with Crippen molar-refractivity contribution in [2.24, 2.45) is 0 Å². The Morgan fingerprint density at radius 2 is 1.65 bits per heavy atom. The first-order valence-corrected chi connectivity index (χ1v) is 8.42. The maximum Gasteiger partial charge on any atom is 0.150 e. The predicted molar refractivity (Wildman–Crippen MR) is 105 cm³/mol. The molecule has 26 heavy (non-hydrogen) atoms. The number of fused-ring (bicyclic) bond motifs is 1. The first kappa shape index (κ1) is 16.1. The number of hydrogen-bond donors (Lipinski definition) is 0. The number of methoxy groups -OCH3 is 1. The zero-order valence-electron chi connectivity index (χ0n) is 15.0. The maximum absolute atomic E-state index is 5.28. The van der Waals surface area contributed by atoms with Gasteiger partial charge in [0.2, 0.25) is 0 Å². The van der Waals surface area contributed by atoms with Crippen LogP contribution in [-0.2, 0) is 0 Å². The van der Waals surface area contributed by atoms with Crippen LogP contribution in [0.25, 0.3) is 27.8 Å². The molecule has 0 saturated carbocycles. The number of benzene rings is 2. The van der Waals surface area contributed by atoms with E-state index in [9.17, 15) is 0 Å². The van der Waals surface area contributed by atoms with Crippen LogP contribution in [0.1, 0.15) is 0 Å². The first-order valence-electron chi connectivity index (χ1n) is 8.42. The van der Waals surface area contributed by atoms with Crippen molar-refractivity contribution in [3.05, 3.63) is 67.1 Å². The molecule has 0 bridgehead atoms. The Hall–Kier alpha value is -3.34. The Balaban J connectivity index is 2.01. The maximum atomic E-state index is 5.28. The zero-order chi connectivity index (χ0) is 18.1. The van der Waals surface area contributed by atoms with Gasteiger partial charge in [-0.1, -0.05) is 30.3 Å². The lowest BCUT2D eigenvalue weighted by Crippen LogP contribution is -2.11. The van der Waals surface area contributed by atoms with Gasteiger partial charge in [-0.05, 0) is 29.8 Å². The lowest BCUT2D eigenvalue weighted by molar-refractivity contribution is 0.415. The van der Waals surface area contributed by atoms with E-state index in [-0.39, 0.29) is 0 Å². The third kappa shape index (κ3) is 2.67. The predicted octanol–water partition coefficient (Wildman–Crippen LogP) is 4.16. The number of anilines is 1. The van der Waals surface area contributed by atoms with Crippen molar-refractivity contribution in [3.63, 3.8) is 0 Å². The highest BCUT2D eigenvalue weighted by molar-refractivity contribution is 6.02. The van der Waals surface area contributed by atoms with Crippen molar-refractivity contribution in [3.8, 4) is 22.6 Å². The van der Waals surface area contributed by atoms with E-state index in [2.05, 4.69) is 32.9 Å². The average molecular weight is 344 g/mol. The normalized spacial score (nSPS) is 10.9. The van der Waals surface area contributed by atoms with Crippen LogP contribution in [0.5, 0.6) is 5.75 Å². The number of nitrogens with zero attached hydrogens (tertiary/aromatic N) is 4. The molecule has 0 atom stereocenters. The second-order valence-electron chi connectivity index (χ2n) is 6.27. The van der Waals surface area contributed by atoms with Crippen LogP contribution in [0.3, 0.4) is 0 Å². The highest BCUT2D eigenvalue weighted by atomic mass is 16.5. The van der Waals surface area contributed by atoms with Gasteiger partial charge >= 0.3 is 0 Å². The van der Waals surface area contributed by atoms with Crippen LogP contribution in [0, 0.1) is 0 Å². The highest BCUT2D eigenvalue weighted by Gasteiger charge is 2.18. The van der Waals surface area contributed by atoms with Gasteiger partial charge in [0, 0.05) is 31.5 Å². The largest absolute Gasteiger partial charge is 0.497 e. The molecule has 0 spiro atoms. The van der Waals surface area contributed by atoms with E-state index < -0.39 is 0 Å². The molecule has 0 unspecified atom stereocenters. The molecule has 2 heterocycles. The van der Waals surface area contributed by atoms with E-state index >= 15 is 0 Å². The van der Waals surface area contributed by atoms with Gasteiger partial charge in [0.25, 0.3) is 0 Å². The minimum absolute atomic E-state index is 0.831. The number of hydrogen-bond acceptors (Lipinski definition) is 4. The fourth-order valence-corrected chi connectivity index (χ4v) is 3.16. The van der Waals surface area contributed by atoms with Crippen LogP contribution in [0.2, 0.25) is 0 Å². The highest BCUT2D eigenvalue weighted by Crippen LogP contribution is 2.36. The van der Waals surface area contributed by atoms with E-state index in [1.54, 1.807) is 13.4 Å². The van der Waals surface area contributed by atoms with Crippen molar-refractivity contribution in [2.45, 2.75) is 0 Å². The van der Waals surface area contributed by atoms with Gasteiger partial charge in [0.15, 0.2) is 5.65 Å². The SMILES string of the molecule is COc1ccc(-n2cc(-c3ccccc3)c3c(N(C)C)ncnc32)cc1. The summed E-state index contributed by atoms with van der Waals surface area (Å²) < 4.78 is 7.38. The van der Waals surface area contributed by atoms with E-state index in [1.165, 1.54) is 0 Å². The Morgan fingerprint density at radius 1 is 0.923 bits per heavy atom. The van der Waals surface area contributed by atoms with Crippen LogP contribution in [-0.4, -0.2) is 35.7 Å². The summed E-state index contributed by atoms with van der Waals surface area (Å²) in [4.78, 5) is 11.1. The average Bonchev–Trinajstić information content (AvgIpc) is 3.08. The molecular weight excluding hydrogens is 324 g/mol. The Kier molecular flexibility index (Phi) is 4.05. The van der Waals surface area contributed by atoms with Crippen LogP contribution in [0.4, 0.5) is 5.82 Å². The summed E-state index contributed by atoms with van der Waals surface area (Å²) in [6, 6.07) is 18.3. The molecule has 4 rings (SSSR count). The zero-order valence-corrected chi connectivity index (χ0v) is 15.0. The van der Waals surface area contributed by atoms with E-state index in [0.29, 0.717) is 0 Å². The summed E-state index contributed by atoms with van der Waals surface area (Å²) in [7, 11) is 5.67. The van der Waals surface area contributed by atoms with Crippen LogP contribution >= 0.6 is 0 Å². The number of rotatable bonds is 4. The monoisotopic (exact) mass is 344 g/mol. The van der Waals surface area contributed by atoms with Gasteiger partial charge in [0.1, 0.15) is 17.9 Å². The molecule has 2 aromatic heterocycles. The number of ether oxygens (including phenoxy) is 1. The third-order valence-electron chi connectivity index (χ3n) is 4.42. The van der Waals surface area contributed by atoms with Gasteiger partial charge < -0.3 is 14.2 Å². The van der Waals surface area contributed by atoms with Gasteiger partial charge in [-0.25, -0.2) is 9.97 Å². The standard InChI is InChI=1S/C21H20N4O/c1-24(2)20-19-18(15-7-5-4-6-8-15)13-25(21(19)23-14-22-20)16-9-11-17(26-3)12-10-16/h4-14H,1-3H3. The molecule has 0 N–H and O–H groups in total. The summed E-state index contributed by atoms with van der Waals surface area (Å²) in [5.74, 6) is 1.73. The van der Waals surface area contributed by atoms with Crippen LogP contribution in [0.15, 0.2) is 67.1 Å². The van der Waals surface area contributed by atoms with E-state index in [0.717, 1.165) is 39.4 Å². The Bertz CT molecular complexity index is 1040. The molecule has 130 valence electrons. The lowest BCUT2D eigenvalue weighted by atomic mass is 10.1. The van der Waals surface area contributed by atoms with Crippen LogP contribution < -0.4 is 9.64 Å². The molecule has 0 amide bonds. The Labute approximate surface area is 152 Å². The summed E-state index contributed by atoms with van der Waals surface area (Å²) in [6.07, 6.45) is 3.75. The Morgan fingerprint density at radius 3 is 2.31 bits per heavy atom. The molecule has 0 fully saturated rings. The summed E-state index contributed by atoms with van der Waals surface area (Å²) in [5, 5.41) is 1.04. The molecule has 2 aromatic carbocycles. The van der Waals surface area contributed by atoms with E-state index in [4.69, 9.17) is 4.74 Å². The minimum atomic E-state index is 0.831. The molecule has 0 aliphatic rings. The fourth-order valence-electron chi connectivity index (χ4n) is 3.16. The minimum Gasteiger partial charge on any atom is -0.497 e. The molecule has 5 heteroatoms. The van der Waals surface area contributed by atoms with Gasteiger partial charge in [-0.3, -0.25) is 0 Å². The van der Waals surface area contributed by atoms with Gasteiger partial charge in [0.05, 0.1) is 12.5 Å². The summed E-state index contributed by atoms with van der Waals surface area (Å²) in [5.41, 5.74) is 4.16. The summed E-state index contributed by atoms with van der Waals surface area (Å²) in [6.45, 7) is 0. The van der Waals surface area contributed by atoms with Crippen molar-refractivity contribution in [2.75, 3.05) is 26.1 Å².